The van der Waals surface area contributed by atoms with Crippen molar-refractivity contribution in [3.63, 3.8) is 0 Å². The summed E-state index contributed by atoms with van der Waals surface area (Å²) in [7, 11) is -5.14. The first-order chi connectivity index (χ1) is 63.0. The molecular weight excluding hydrogens is 1660 g/mol. The fourth-order valence-corrected chi connectivity index (χ4v) is 15.9. The van der Waals surface area contributed by atoms with Gasteiger partial charge in [-0.15, -0.1) is 0 Å². The lowest BCUT2D eigenvalue weighted by molar-refractivity contribution is 0.274. The lowest BCUT2D eigenvalue weighted by atomic mass is 9.76. The summed E-state index contributed by atoms with van der Waals surface area (Å²) in [5, 5.41) is 114. The fourth-order valence-electron chi connectivity index (χ4n) is 15.9. The molecule has 0 saturated heterocycles. The topological polar surface area (TPSA) is 375 Å². The van der Waals surface area contributed by atoms with Crippen LogP contribution < -0.4 is 61.2 Å². The molecule has 24 nitrogen and oxygen atoms in total. The smallest absolute Gasteiger partial charge is 0.457 e. The molecule has 0 fully saturated rings. The molecule has 0 atom stereocenters. The van der Waals surface area contributed by atoms with Crippen LogP contribution in [0.1, 0.15) is 167 Å². The van der Waals surface area contributed by atoms with Gasteiger partial charge >= 0.3 is 42.7 Å². The number of benzene rings is 12. The van der Waals surface area contributed by atoms with E-state index in [0.717, 1.165) is 166 Å². The molecule has 0 bridgehead atoms. The molecule has 0 saturated carbocycles. The van der Waals surface area contributed by atoms with Crippen LogP contribution in [0.3, 0.4) is 0 Å². The predicted molar refractivity (Wildman–Crippen MR) is 506 cm³/mol. The van der Waals surface area contributed by atoms with Gasteiger partial charge in [-0.3, -0.25) is 0 Å². The lowest BCUT2D eigenvalue weighted by Gasteiger charge is -2.14. The van der Waals surface area contributed by atoms with Crippen LogP contribution in [-0.2, 0) is 67.6 Å². The van der Waals surface area contributed by atoms with Crippen LogP contribution in [-0.4, -0.2) is 72.9 Å². The molecule has 30 heteroatoms. The van der Waals surface area contributed by atoms with Gasteiger partial charge in [0, 0.05) is 0 Å². The van der Waals surface area contributed by atoms with Crippen molar-refractivity contribution in [2.45, 2.75) is 164 Å². The Hall–Kier alpha value is -13.7. The van der Waals surface area contributed by atoms with E-state index >= 15 is 0 Å². The monoisotopic (exact) mass is 1760 g/mol. The fraction of sp³-hybridized carbons (Fsp3) is 0.235. The Morgan fingerprint density at radius 3 is 0.871 bits per heavy atom. The third-order valence-electron chi connectivity index (χ3n) is 24.6. The Bertz CT molecular complexity index is 6720. The third-order valence-corrected chi connectivity index (χ3v) is 24.6. The van der Waals surface area contributed by atoms with E-state index in [1.54, 1.807) is 18.2 Å². The number of rotatable bonds is 12. The van der Waals surface area contributed by atoms with Gasteiger partial charge in [-0.2, -0.15) is 31.6 Å². The van der Waals surface area contributed by atoms with Crippen molar-refractivity contribution in [2.24, 2.45) is 0 Å². The number of ether oxygens (including phenoxy) is 6. The van der Waals surface area contributed by atoms with Crippen molar-refractivity contribution in [1.29, 1.82) is 31.6 Å². The highest BCUT2D eigenvalue weighted by molar-refractivity contribution is 6.64. The molecule has 18 rings (SSSR count). The number of hydrogen-bond acceptors (Lipinski definition) is 24. The zero-order valence-electron chi connectivity index (χ0n) is 76.8. The molecule has 0 radical (unpaired) electrons. The van der Waals surface area contributed by atoms with Crippen LogP contribution in [0.2, 0.25) is 0 Å². The third kappa shape index (κ3) is 21.2. The quantitative estimate of drug-likeness (QED) is 0.0619. The maximum atomic E-state index is 9.79. The standard InChI is InChI=1S/6C17H16BNO3/c1-10-4-13(8-19)17(6-11(10)2)22-16-7-14-9-21-18(20)15(14)5-12(16)3;1-10-4-13(8-19)16(6-11(10)2)22-15-5-12(3)17-14(7-15)9-21-18(17)20;1-10-4-15(6-13(8-19)12(10)3)22-17-7-14-9-21-18(20)16(14)5-11(17)2;1-10-4-15(6-13(8-19)12(10)3)22-16-5-11(2)17-14(7-16)9-21-18(17)20;1-10-6-14(7-13(8-19)11(10)2)22-17-5-4-16-15(12(17)3)9-21-18(16)20;1-10-6-13(8-19)17(7-11(10)2)22-16-5-4-15-14(12(16)3)9-21-18(15)20/h6*4-7,20H,9H2,1-3H3. The summed E-state index contributed by atoms with van der Waals surface area (Å²) in [6.45, 7) is 37.3. The van der Waals surface area contributed by atoms with Crippen LogP contribution in [0.15, 0.2) is 146 Å². The molecule has 6 N–H and O–H groups in total. The number of nitriles is 6. The summed E-state index contributed by atoms with van der Waals surface area (Å²) in [5.41, 5.74) is 31.7. The van der Waals surface area contributed by atoms with Crippen molar-refractivity contribution >= 4 is 75.5 Å². The summed E-state index contributed by atoms with van der Waals surface area (Å²) in [5.74, 6) is 7.67. The van der Waals surface area contributed by atoms with Crippen molar-refractivity contribution in [3.8, 4) is 105 Å². The second-order valence-corrected chi connectivity index (χ2v) is 33.6. The zero-order valence-corrected chi connectivity index (χ0v) is 76.8. The Morgan fingerprint density at radius 2 is 0.492 bits per heavy atom. The molecule has 0 spiro atoms. The second kappa shape index (κ2) is 41.2. The van der Waals surface area contributed by atoms with E-state index in [1.807, 2.05) is 252 Å². The first kappa shape index (κ1) is 95.9. The van der Waals surface area contributed by atoms with Crippen LogP contribution in [0, 0.1) is 193 Å². The summed E-state index contributed by atoms with van der Waals surface area (Å²) in [6, 6.07) is 57.5. The molecule has 132 heavy (non-hydrogen) atoms. The van der Waals surface area contributed by atoms with Gasteiger partial charge in [0.1, 0.15) is 87.2 Å². The highest BCUT2D eigenvalue weighted by Gasteiger charge is 2.36. The minimum absolute atomic E-state index is 0.366. The summed E-state index contributed by atoms with van der Waals surface area (Å²) >= 11 is 0. The number of fused-ring (bicyclic) bond motifs is 6. The second-order valence-electron chi connectivity index (χ2n) is 33.6. The van der Waals surface area contributed by atoms with E-state index in [0.29, 0.717) is 142 Å². The Balaban J connectivity index is 0.000000135. The summed E-state index contributed by atoms with van der Waals surface area (Å²) in [6.07, 6.45) is 0. The van der Waals surface area contributed by atoms with E-state index in [-0.39, 0.29) is 0 Å². The number of nitrogens with zero attached hydrogens (tertiary/aromatic N) is 6. The van der Waals surface area contributed by atoms with Gasteiger partial charge in [-0.25, -0.2) is 0 Å². The maximum absolute atomic E-state index is 9.79. The van der Waals surface area contributed by atoms with Gasteiger partial charge in [0.25, 0.3) is 0 Å². The minimum Gasteiger partial charge on any atom is -0.457 e. The molecule has 6 heterocycles. The molecule has 12 aromatic carbocycles. The van der Waals surface area contributed by atoms with E-state index in [9.17, 15) is 61.7 Å². The van der Waals surface area contributed by atoms with Gasteiger partial charge in [0.15, 0.2) is 0 Å². The van der Waals surface area contributed by atoms with Crippen molar-refractivity contribution in [2.75, 3.05) is 0 Å². The zero-order chi connectivity index (χ0) is 95.1. The van der Waals surface area contributed by atoms with Crippen molar-refractivity contribution < 1.29 is 86.5 Å². The van der Waals surface area contributed by atoms with E-state index in [2.05, 4.69) is 36.4 Å². The Morgan fingerprint density at radius 1 is 0.220 bits per heavy atom. The highest BCUT2D eigenvalue weighted by Crippen LogP contribution is 2.39. The molecule has 0 aliphatic carbocycles. The number of aryl methyl sites for hydroxylation is 13. The molecule has 0 unspecified atom stereocenters. The summed E-state index contributed by atoms with van der Waals surface area (Å²) in [4.78, 5) is 0. The van der Waals surface area contributed by atoms with Crippen LogP contribution in [0.25, 0.3) is 0 Å². The summed E-state index contributed by atoms with van der Waals surface area (Å²) < 4.78 is 67.1. The predicted octanol–water partition coefficient (Wildman–Crippen LogP) is 15.0. The van der Waals surface area contributed by atoms with Gasteiger partial charge in [0.2, 0.25) is 0 Å². The van der Waals surface area contributed by atoms with Crippen LogP contribution >= 0.6 is 0 Å². The van der Waals surface area contributed by atoms with E-state index < -0.39 is 42.7 Å². The number of hydrogen-bond donors (Lipinski definition) is 6. The largest absolute Gasteiger partial charge is 0.492 e. The van der Waals surface area contributed by atoms with Crippen LogP contribution in [0.4, 0.5) is 0 Å². The molecular formula is C102H96B6N6O18. The van der Waals surface area contributed by atoms with Gasteiger partial charge < -0.3 is 86.5 Å². The molecule has 660 valence electrons. The first-order valence-electron chi connectivity index (χ1n) is 42.7. The molecule has 0 amide bonds. The molecule has 0 aromatic heterocycles. The van der Waals surface area contributed by atoms with Crippen molar-refractivity contribution in [1.82, 2.24) is 0 Å². The molecule has 6 aliphatic heterocycles. The normalized spacial score (nSPS) is 13.0. The SMILES string of the molecule is Cc1cc(C#N)c(Oc2cc(C)c3c(c2)COB3O)cc1C.Cc1cc(C#N)c(Oc2cc3c(cc2C)B(O)OC3)cc1C.Cc1cc(C#N)c(Oc2ccc3c(c2C)COB3O)cc1C.Cc1cc(Oc2cc(C)c3c(c2)COB3O)cc(C#N)c1C.Cc1cc(Oc2ccc3c(c2C)COB3O)cc(C#N)c1C.Cc1cc2c(cc1Oc1cc(C)c(C)c(C#N)c1)COB2O. The van der Waals surface area contributed by atoms with Gasteiger partial charge in [-0.1, -0.05) is 24.3 Å². The van der Waals surface area contributed by atoms with Gasteiger partial charge in [0.05, 0.1) is 91.2 Å². The average molecular weight is 1760 g/mol. The minimum atomic E-state index is -0.862. The van der Waals surface area contributed by atoms with Gasteiger partial charge in [-0.05, 0) is 412 Å². The maximum Gasteiger partial charge on any atom is 0.492 e. The highest BCUT2D eigenvalue weighted by atomic mass is 16.5. The average Bonchev–Trinajstić information content (AvgIpc) is 1.34. The van der Waals surface area contributed by atoms with Crippen LogP contribution in [0.5, 0.6) is 69.0 Å². The molecule has 6 aliphatic rings. The van der Waals surface area contributed by atoms with E-state index in [1.165, 1.54) is 0 Å². The van der Waals surface area contributed by atoms with E-state index in [4.69, 9.17) is 56.3 Å². The Kier molecular flexibility index (Phi) is 29.9. The first-order valence-corrected chi connectivity index (χ1v) is 42.7. The molecule has 12 aromatic rings. The van der Waals surface area contributed by atoms with Crippen molar-refractivity contribution in [3.05, 3.63) is 312 Å². The lowest BCUT2D eigenvalue weighted by Crippen LogP contribution is -2.30. The Labute approximate surface area is 771 Å².